The number of hydrogen-bond acceptors (Lipinski definition) is 5. The van der Waals surface area contributed by atoms with Gasteiger partial charge in [0.15, 0.2) is 15.7 Å². The van der Waals surface area contributed by atoms with Crippen molar-refractivity contribution in [1.82, 2.24) is 0 Å². The van der Waals surface area contributed by atoms with Crippen molar-refractivity contribution in [2.24, 2.45) is 5.92 Å². The van der Waals surface area contributed by atoms with E-state index < -0.39 is 33.1 Å². The highest BCUT2D eigenvalue weighted by Gasteiger charge is 2.27. The predicted molar refractivity (Wildman–Crippen MR) is 103 cm³/mol. The normalized spacial score (nSPS) is 16.6. The number of anilines is 1. The minimum Gasteiger partial charge on any atom is -0.496 e. The first-order chi connectivity index (χ1) is 13.7. The van der Waals surface area contributed by atoms with Gasteiger partial charge < -0.3 is 14.8 Å². The molecule has 6 nitrogen and oxygen atoms in total. The van der Waals surface area contributed by atoms with E-state index in [0.717, 1.165) is 18.2 Å². The van der Waals surface area contributed by atoms with Crippen LogP contribution in [-0.2, 0) is 14.6 Å². The van der Waals surface area contributed by atoms with Crippen LogP contribution in [0.4, 0.5) is 14.5 Å². The number of hydrogen-bond donors (Lipinski definition) is 1. The first-order valence-corrected chi connectivity index (χ1v) is 10.7. The van der Waals surface area contributed by atoms with Crippen molar-refractivity contribution in [2.75, 3.05) is 31.4 Å². The number of rotatable bonds is 6. The summed E-state index contributed by atoms with van der Waals surface area (Å²) in [6.07, 6.45) is 0.635. The van der Waals surface area contributed by atoms with E-state index in [1.54, 1.807) is 0 Å². The summed E-state index contributed by atoms with van der Waals surface area (Å²) in [7, 11) is -2.42. The fourth-order valence-corrected chi connectivity index (χ4v) is 4.81. The summed E-state index contributed by atoms with van der Waals surface area (Å²) in [5.74, 6) is -3.31. The summed E-state index contributed by atoms with van der Waals surface area (Å²) in [6.45, 7) is 0.864. The minimum atomic E-state index is -3.71. The van der Waals surface area contributed by atoms with Gasteiger partial charge in [-0.2, -0.15) is 0 Å². The molecular formula is C19H18ClF2NO5S. The number of methoxy groups -OCH3 is 1. The van der Waals surface area contributed by atoms with Crippen LogP contribution in [0.5, 0.6) is 5.75 Å². The number of sulfone groups is 1. The monoisotopic (exact) mass is 445 g/mol. The lowest BCUT2D eigenvalue weighted by Crippen LogP contribution is -2.19. The highest BCUT2D eigenvalue weighted by molar-refractivity contribution is 7.91. The summed E-state index contributed by atoms with van der Waals surface area (Å²) in [5.41, 5.74) is -0.920. The Bertz CT molecular complexity index is 1040. The first kappa shape index (κ1) is 21.5. The number of halogens is 3. The van der Waals surface area contributed by atoms with Gasteiger partial charge in [-0.3, -0.25) is 4.79 Å². The molecule has 1 saturated heterocycles. The number of carbonyl (C=O) groups is 1. The fraction of sp³-hybridized carbons (Fsp3) is 0.316. The van der Waals surface area contributed by atoms with E-state index in [4.69, 9.17) is 21.1 Å². The summed E-state index contributed by atoms with van der Waals surface area (Å²) in [4.78, 5) is 12.6. The van der Waals surface area contributed by atoms with Gasteiger partial charge in [-0.25, -0.2) is 17.2 Å². The molecule has 1 N–H and O–H groups in total. The van der Waals surface area contributed by atoms with E-state index in [1.165, 1.54) is 19.2 Å². The lowest BCUT2D eigenvalue weighted by molar-refractivity contribution is 0.102. The third kappa shape index (κ3) is 4.68. The topological polar surface area (TPSA) is 81.7 Å². The molecule has 0 saturated carbocycles. The molecular weight excluding hydrogens is 428 g/mol. The zero-order chi connectivity index (χ0) is 21.2. The third-order valence-corrected chi connectivity index (χ3v) is 6.71. The molecule has 1 aliphatic heterocycles. The quantitative estimate of drug-likeness (QED) is 0.686. The van der Waals surface area contributed by atoms with Gasteiger partial charge in [0.1, 0.15) is 17.3 Å². The molecule has 2 aromatic carbocycles. The molecule has 1 heterocycles. The van der Waals surface area contributed by atoms with Crippen molar-refractivity contribution in [3.05, 3.63) is 52.6 Å². The van der Waals surface area contributed by atoms with Gasteiger partial charge in [-0.15, -0.1) is 0 Å². The molecule has 0 spiro atoms. The van der Waals surface area contributed by atoms with Crippen LogP contribution >= 0.6 is 11.6 Å². The number of benzene rings is 2. The Balaban J connectivity index is 1.93. The molecule has 0 bridgehead atoms. The molecule has 29 heavy (non-hydrogen) atoms. The number of nitrogens with one attached hydrogen (secondary N) is 1. The van der Waals surface area contributed by atoms with E-state index in [-0.39, 0.29) is 32.9 Å². The molecule has 3 rings (SSSR count). The Morgan fingerprint density at radius 1 is 1.31 bits per heavy atom. The van der Waals surface area contributed by atoms with Crippen LogP contribution in [0.2, 0.25) is 5.02 Å². The first-order valence-electron chi connectivity index (χ1n) is 8.66. The standard InChI is InChI=1S/C19H18ClF2NO5S/c1-27-16-5-2-12(29(25,26)10-11-6-7-28-9-11)8-13(16)19(24)23-18-15(21)4-3-14(20)17(18)22/h2-5,8,11H,6-7,9-10H2,1H3,(H,23,24)/t11-/m0/s1. The van der Waals surface area contributed by atoms with Crippen molar-refractivity contribution in [1.29, 1.82) is 0 Å². The molecule has 0 unspecified atom stereocenters. The Labute approximate surface area is 171 Å². The van der Waals surface area contributed by atoms with Gasteiger partial charge in [0.05, 0.1) is 35.0 Å². The Hall–Kier alpha value is -2.23. The predicted octanol–water partition coefficient (Wildman–Crippen LogP) is 3.69. The average Bonchev–Trinajstić information content (AvgIpc) is 3.19. The molecule has 10 heteroatoms. The highest BCUT2D eigenvalue weighted by atomic mass is 35.5. The van der Waals surface area contributed by atoms with Crippen LogP contribution in [0.1, 0.15) is 16.8 Å². The second-order valence-corrected chi connectivity index (χ2v) is 8.99. The summed E-state index contributed by atoms with van der Waals surface area (Å²) < 4.78 is 63.7. The highest BCUT2D eigenvalue weighted by Crippen LogP contribution is 2.29. The van der Waals surface area contributed by atoms with Crippen molar-refractivity contribution in [3.8, 4) is 5.75 Å². The van der Waals surface area contributed by atoms with Crippen molar-refractivity contribution in [2.45, 2.75) is 11.3 Å². The van der Waals surface area contributed by atoms with Crippen molar-refractivity contribution >= 4 is 33.0 Å². The van der Waals surface area contributed by atoms with Crippen LogP contribution in [0.15, 0.2) is 35.2 Å². The molecule has 0 radical (unpaired) electrons. The fourth-order valence-electron chi connectivity index (χ4n) is 3.00. The van der Waals surface area contributed by atoms with Gasteiger partial charge in [-0.1, -0.05) is 11.6 Å². The molecule has 2 aromatic rings. The van der Waals surface area contributed by atoms with E-state index in [1.807, 2.05) is 0 Å². The Morgan fingerprint density at radius 2 is 2.07 bits per heavy atom. The molecule has 1 atom stereocenters. The second kappa shape index (κ2) is 8.64. The smallest absolute Gasteiger partial charge is 0.259 e. The van der Waals surface area contributed by atoms with E-state index in [0.29, 0.717) is 19.6 Å². The second-order valence-electron chi connectivity index (χ2n) is 6.55. The molecule has 1 amide bonds. The molecule has 0 aromatic heterocycles. The van der Waals surface area contributed by atoms with Crippen LogP contribution in [-0.4, -0.2) is 40.4 Å². The molecule has 1 aliphatic rings. The Kier molecular flexibility index (Phi) is 6.40. The van der Waals surface area contributed by atoms with Crippen molar-refractivity contribution < 1.29 is 31.5 Å². The van der Waals surface area contributed by atoms with Gasteiger partial charge in [0, 0.05) is 6.61 Å². The van der Waals surface area contributed by atoms with Crippen LogP contribution in [0.3, 0.4) is 0 Å². The average molecular weight is 446 g/mol. The van der Waals surface area contributed by atoms with Gasteiger partial charge in [-0.05, 0) is 42.7 Å². The molecule has 156 valence electrons. The summed E-state index contributed by atoms with van der Waals surface area (Å²) >= 11 is 5.63. The summed E-state index contributed by atoms with van der Waals surface area (Å²) in [6, 6.07) is 5.68. The maximum Gasteiger partial charge on any atom is 0.259 e. The van der Waals surface area contributed by atoms with Crippen LogP contribution in [0, 0.1) is 17.6 Å². The van der Waals surface area contributed by atoms with Gasteiger partial charge in [0.25, 0.3) is 5.91 Å². The maximum atomic E-state index is 14.1. The lowest BCUT2D eigenvalue weighted by Gasteiger charge is -2.14. The largest absolute Gasteiger partial charge is 0.496 e. The minimum absolute atomic E-state index is 0.0495. The molecule has 0 aliphatic carbocycles. The number of ether oxygens (including phenoxy) is 2. The number of carbonyl (C=O) groups excluding carboxylic acids is 1. The van der Waals surface area contributed by atoms with E-state index in [9.17, 15) is 22.0 Å². The maximum absolute atomic E-state index is 14.1. The van der Waals surface area contributed by atoms with Crippen molar-refractivity contribution in [3.63, 3.8) is 0 Å². The summed E-state index contributed by atoms with van der Waals surface area (Å²) in [5, 5.41) is 1.72. The van der Waals surface area contributed by atoms with Crippen LogP contribution in [0.25, 0.3) is 0 Å². The van der Waals surface area contributed by atoms with E-state index >= 15 is 0 Å². The van der Waals surface area contributed by atoms with E-state index in [2.05, 4.69) is 5.32 Å². The number of amides is 1. The molecule has 1 fully saturated rings. The SMILES string of the molecule is COc1ccc(S(=O)(=O)C[C@H]2CCOC2)cc1C(=O)Nc1c(F)ccc(Cl)c1F. The lowest BCUT2D eigenvalue weighted by atomic mass is 10.1. The van der Waals surface area contributed by atoms with Crippen LogP contribution < -0.4 is 10.1 Å². The zero-order valence-corrected chi connectivity index (χ0v) is 16.9. The Morgan fingerprint density at radius 3 is 2.72 bits per heavy atom. The van der Waals surface area contributed by atoms with Gasteiger partial charge in [0.2, 0.25) is 0 Å². The van der Waals surface area contributed by atoms with Gasteiger partial charge >= 0.3 is 0 Å². The zero-order valence-electron chi connectivity index (χ0n) is 15.4. The third-order valence-electron chi connectivity index (χ3n) is 4.54.